The van der Waals surface area contributed by atoms with E-state index in [1.807, 2.05) is 0 Å². The van der Waals surface area contributed by atoms with Crippen LogP contribution in [0.2, 0.25) is 0 Å². The zero-order valence-corrected chi connectivity index (χ0v) is 8.44. The fourth-order valence-corrected chi connectivity index (χ4v) is 1.47. The number of carboxylic acids is 1. The quantitative estimate of drug-likeness (QED) is 0.564. The first kappa shape index (κ1) is 11.5. The van der Waals surface area contributed by atoms with Crippen LogP contribution in [0.25, 0.3) is 0 Å². The number of allylic oxidation sites excluding steroid dienone is 1. The molecule has 82 valence electrons. The maximum atomic E-state index is 11.3. The van der Waals surface area contributed by atoms with Crippen molar-refractivity contribution < 1.29 is 19.4 Å². The molecule has 0 aromatic rings. The zero-order valence-electron chi connectivity index (χ0n) is 8.44. The molecule has 0 saturated heterocycles. The first-order chi connectivity index (χ1) is 7.15. The molecule has 1 aliphatic carbocycles. The number of esters is 1. The Labute approximate surface area is 88.2 Å². The van der Waals surface area contributed by atoms with Crippen LogP contribution in [0.15, 0.2) is 24.3 Å². The Morgan fingerprint density at radius 1 is 1.67 bits per heavy atom. The first-order valence-electron chi connectivity index (χ1n) is 4.85. The molecule has 0 aromatic heterocycles. The molecule has 0 spiro atoms. The number of ether oxygens (including phenoxy) is 1. The van der Waals surface area contributed by atoms with E-state index in [0.29, 0.717) is 24.8 Å². The van der Waals surface area contributed by atoms with E-state index in [4.69, 9.17) is 9.84 Å². The topological polar surface area (TPSA) is 63.6 Å². The minimum atomic E-state index is -0.801. The second kappa shape index (κ2) is 5.34. The largest absolute Gasteiger partial charge is 0.481 e. The number of carbonyl (C=O) groups is 2. The predicted molar refractivity (Wildman–Crippen MR) is 54.2 cm³/mol. The van der Waals surface area contributed by atoms with Crippen molar-refractivity contribution >= 4 is 11.9 Å². The highest BCUT2D eigenvalue weighted by Crippen LogP contribution is 2.24. The van der Waals surface area contributed by atoms with Crippen LogP contribution in [-0.4, -0.2) is 23.7 Å². The van der Waals surface area contributed by atoms with Gasteiger partial charge in [-0.25, -0.2) is 4.79 Å². The molecule has 4 heteroatoms. The third-order valence-electron chi connectivity index (χ3n) is 2.35. The number of aliphatic carboxylic acids is 1. The van der Waals surface area contributed by atoms with Crippen molar-refractivity contribution in [2.45, 2.75) is 19.3 Å². The van der Waals surface area contributed by atoms with Crippen LogP contribution in [-0.2, 0) is 14.3 Å². The van der Waals surface area contributed by atoms with Gasteiger partial charge in [-0.2, -0.15) is 0 Å². The van der Waals surface area contributed by atoms with Gasteiger partial charge in [-0.1, -0.05) is 18.7 Å². The molecule has 15 heavy (non-hydrogen) atoms. The molecule has 0 heterocycles. The van der Waals surface area contributed by atoms with E-state index in [1.165, 1.54) is 6.08 Å². The summed E-state index contributed by atoms with van der Waals surface area (Å²) in [6.07, 6.45) is 4.56. The van der Waals surface area contributed by atoms with Crippen molar-refractivity contribution in [2.75, 3.05) is 6.61 Å². The fraction of sp³-hybridized carbons (Fsp3) is 0.455. The summed E-state index contributed by atoms with van der Waals surface area (Å²) < 4.78 is 4.85. The van der Waals surface area contributed by atoms with Gasteiger partial charge in [0.15, 0.2) is 0 Å². The van der Waals surface area contributed by atoms with Crippen molar-refractivity contribution in [3.05, 3.63) is 24.3 Å². The Hall–Kier alpha value is -1.58. The van der Waals surface area contributed by atoms with E-state index in [1.54, 1.807) is 6.08 Å². The van der Waals surface area contributed by atoms with E-state index in [0.717, 1.165) is 0 Å². The molecule has 0 fully saturated rings. The monoisotopic (exact) mass is 210 g/mol. The highest BCUT2D eigenvalue weighted by atomic mass is 16.5. The smallest absolute Gasteiger partial charge is 0.333 e. The summed E-state index contributed by atoms with van der Waals surface area (Å²) in [5, 5.41) is 8.75. The Morgan fingerprint density at radius 2 is 2.40 bits per heavy atom. The molecule has 0 radical (unpaired) electrons. The van der Waals surface area contributed by atoms with Gasteiger partial charge in [0.25, 0.3) is 0 Å². The van der Waals surface area contributed by atoms with Crippen LogP contribution in [0, 0.1) is 5.92 Å². The summed E-state index contributed by atoms with van der Waals surface area (Å²) in [4.78, 5) is 22.0. The summed E-state index contributed by atoms with van der Waals surface area (Å²) >= 11 is 0. The molecule has 1 N–H and O–H groups in total. The van der Waals surface area contributed by atoms with Gasteiger partial charge in [0.1, 0.15) is 6.61 Å². The van der Waals surface area contributed by atoms with Crippen LogP contribution >= 0.6 is 0 Å². The van der Waals surface area contributed by atoms with Gasteiger partial charge in [0.2, 0.25) is 0 Å². The summed E-state index contributed by atoms with van der Waals surface area (Å²) in [6, 6.07) is 0. The van der Waals surface area contributed by atoms with Crippen molar-refractivity contribution in [3.63, 3.8) is 0 Å². The predicted octanol–water partition coefficient (Wildman–Crippen LogP) is 1.53. The molecular weight excluding hydrogens is 196 g/mol. The zero-order chi connectivity index (χ0) is 11.3. The van der Waals surface area contributed by atoms with Crippen molar-refractivity contribution in [3.8, 4) is 0 Å². The summed E-state index contributed by atoms with van der Waals surface area (Å²) in [7, 11) is 0. The normalized spacial score (nSPS) is 20.3. The molecule has 0 amide bonds. The maximum absolute atomic E-state index is 11.3. The molecule has 1 rings (SSSR count). The Balaban J connectivity index is 2.49. The number of carbonyl (C=O) groups excluding carboxylic acids is 1. The second-order valence-electron chi connectivity index (χ2n) is 3.43. The standard InChI is InChI=1S/C11H14O4/c1-2-7-15-11(14)9-5-3-8(4-6-9)10(12)13/h2,5,8H,1,3-4,6-7H2,(H,12,13). The fourth-order valence-electron chi connectivity index (χ4n) is 1.47. The van der Waals surface area contributed by atoms with Gasteiger partial charge in [-0.05, 0) is 19.3 Å². The molecule has 0 saturated carbocycles. The van der Waals surface area contributed by atoms with E-state index in [-0.39, 0.29) is 18.5 Å². The van der Waals surface area contributed by atoms with Crippen molar-refractivity contribution in [2.24, 2.45) is 5.92 Å². The lowest BCUT2D eigenvalue weighted by Crippen LogP contribution is -2.19. The van der Waals surface area contributed by atoms with Crippen molar-refractivity contribution in [1.82, 2.24) is 0 Å². The number of rotatable bonds is 4. The second-order valence-corrected chi connectivity index (χ2v) is 3.43. The molecule has 4 nitrogen and oxygen atoms in total. The van der Waals surface area contributed by atoms with Gasteiger partial charge in [-0.3, -0.25) is 4.79 Å². The van der Waals surface area contributed by atoms with Gasteiger partial charge in [-0.15, -0.1) is 0 Å². The van der Waals surface area contributed by atoms with E-state index < -0.39 is 5.97 Å². The summed E-state index contributed by atoms with van der Waals surface area (Å²) in [5.41, 5.74) is 0.578. The first-order valence-corrected chi connectivity index (χ1v) is 4.85. The van der Waals surface area contributed by atoms with Crippen LogP contribution in [0.1, 0.15) is 19.3 Å². The minimum absolute atomic E-state index is 0.193. The third kappa shape index (κ3) is 3.23. The summed E-state index contributed by atoms with van der Waals surface area (Å²) in [6.45, 7) is 3.63. The molecule has 1 atom stereocenters. The van der Waals surface area contributed by atoms with Gasteiger partial charge in [0, 0.05) is 5.57 Å². The molecule has 0 aliphatic heterocycles. The highest BCUT2D eigenvalue weighted by molar-refractivity contribution is 5.89. The van der Waals surface area contributed by atoms with E-state index in [2.05, 4.69) is 6.58 Å². The SMILES string of the molecule is C=CCOC(=O)C1=CCC(C(=O)O)CC1. The van der Waals surface area contributed by atoms with Gasteiger partial charge >= 0.3 is 11.9 Å². The highest BCUT2D eigenvalue weighted by Gasteiger charge is 2.23. The van der Waals surface area contributed by atoms with E-state index >= 15 is 0 Å². The molecular formula is C11H14O4. The van der Waals surface area contributed by atoms with Crippen LogP contribution in [0.4, 0.5) is 0 Å². The van der Waals surface area contributed by atoms with Crippen LogP contribution in [0.5, 0.6) is 0 Å². The Kier molecular flexibility index (Phi) is 4.09. The number of hydrogen-bond donors (Lipinski definition) is 1. The summed E-state index contributed by atoms with van der Waals surface area (Å²) in [5.74, 6) is -1.52. The lowest BCUT2D eigenvalue weighted by Gasteiger charge is -2.17. The van der Waals surface area contributed by atoms with Crippen LogP contribution in [0.3, 0.4) is 0 Å². The maximum Gasteiger partial charge on any atom is 0.333 e. The Morgan fingerprint density at radius 3 is 2.87 bits per heavy atom. The average Bonchev–Trinajstić information content (AvgIpc) is 2.26. The number of hydrogen-bond acceptors (Lipinski definition) is 3. The minimum Gasteiger partial charge on any atom is -0.481 e. The Bertz CT molecular complexity index is 304. The molecule has 0 bridgehead atoms. The van der Waals surface area contributed by atoms with Crippen molar-refractivity contribution in [1.29, 1.82) is 0 Å². The lowest BCUT2D eigenvalue weighted by atomic mass is 9.90. The van der Waals surface area contributed by atoms with E-state index in [9.17, 15) is 9.59 Å². The van der Waals surface area contributed by atoms with Crippen LogP contribution < -0.4 is 0 Å². The molecule has 1 aliphatic rings. The molecule has 0 aromatic carbocycles. The lowest BCUT2D eigenvalue weighted by molar-refractivity contribution is -0.143. The van der Waals surface area contributed by atoms with Gasteiger partial charge < -0.3 is 9.84 Å². The average molecular weight is 210 g/mol. The third-order valence-corrected chi connectivity index (χ3v) is 2.35. The molecule has 1 unspecified atom stereocenters. The number of carboxylic acid groups (broad SMARTS) is 1. The van der Waals surface area contributed by atoms with Gasteiger partial charge in [0.05, 0.1) is 5.92 Å².